The molecule has 184 valence electrons. The largest absolute Gasteiger partial charge is 0.459 e. The fourth-order valence-electron chi connectivity index (χ4n) is 3.33. The van der Waals surface area contributed by atoms with Crippen LogP contribution in [0.15, 0.2) is 111 Å². The molecule has 7 nitrogen and oxygen atoms in total. The van der Waals surface area contributed by atoms with Gasteiger partial charge in [0.25, 0.3) is 0 Å². The molecule has 3 aromatic carbocycles. The van der Waals surface area contributed by atoms with Crippen molar-refractivity contribution in [2.24, 2.45) is 5.10 Å². The van der Waals surface area contributed by atoms with Gasteiger partial charge in [0.2, 0.25) is 10.0 Å². The highest BCUT2D eigenvalue weighted by molar-refractivity contribution is 7.89. The van der Waals surface area contributed by atoms with Crippen LogP contribution in [-0.2, 0) is 23.1 Å². The van der Waals surface area contributed by atoms with Crippen molar-refractivity contribution in [3.63, 3.8) is 0 Å². The molecule has 0 fully saturated rings. The van der Waals surface area contributed by atoms with Gasteiger partial charge in [-0.3, -0.25) is 5.43 Å². The van der Waals surface area contributed by atoms with Gasteiger partial charge in [0.15, 0.2) is 5.11 Å². The van der Waals surface area contributed by atoms with Crippen molar-refractivity contribution in [3.05, 3.63) is 119 Å². The molecule has 1 aromatic heterocycles. The van der Waals surface area contributed by atoms with Crippen LogP contribution < -0.4 is 10.7 Å². The average Bonchev–Trinajstić information content (AvgIpc) is 3.32. The Hall–Kier alpha value is -3.50. The Labute approximate surface area is 220 Å². The first kappa shape index (κ1) is 25.6. The zero-order valence-corrected chi connectivity index (χ0v) is 21.4. The van der Waals surface area contributed by atoms with E-state index in [2.05, 4.69) is 15.8 Å². The van der Waals surface area contributed by atoms with Gasteiger partial charge in [0.1, 0.15) is 11.5 Å². The lowest BCUT2D eigenvalue weighted by Gasteiger charge is -2.21. The van der Waals surface area contributed by atoms with E-state index < -0.39 is 10.0 Å². The second-order valence-electron chi connectivity index (χ2n) is 7.71. The first-order valence-electron chi connectivity index (χ1n) is 10.9. The van der Waals surface area contributed by atoms with Crippen molar-refractivity contribution in [1.82, 2.24) is 9.73 Å². The lowest BCUT2D eigenvalue weighted by atomic mass is 10.2. The highest BCUT2D eigenvalue weighted by Gasteiger charge is 2.26. The summed E-state index contributed by atoms with van der Waals surface area (Å²) in [5.74, 6) is 0.915. The molecule has 0 amide bonds. The van der Waals surface area contributed by atoms with Gasteiger partial charge >= 0.3 is 0 Å². The minimum atomic E-state index is -3.82. The summed E-state index contributed by atoms with van der Waals surface area (Å²) in [6.45, 7) is 0.214. The van der Waals surface area contributed by atoms with Gasteiger partial charge in [0.05, 0.1) is 17.7 Å². The minimum absolute atomic E-state index is 0.0368. The molecule has 1 heterocycles. The highest BCUT2D eigenvalue weighted by atomic mass is 35.5. The molecule has 0 spiro atoms. The number of hydrazone groups is 1. The number of para-hydroxylation sites is 1. The van der Waals surface area contributed by atoms with E-state index in [9.17, 15) is 8.42 Å². The third kappa shape index (κ3) is 7.02. The molecule has 0 unspecified atom stereocenters. The van der Waals surface area contributed by atoms with E-state index in [1.165, 1.54) is 22.7 Å². The molecule has 2 N–H and O–H groups in total. The number of benzene rings is 3. The van der Waals surface area contributed by atoms with Crippen molar-refractivity contribution < 1.29 is 12.8 Å². The number of rotatable bonds is 9. The summed E-state index contributed by atoms with van der Waals surface area (Å²) in [5, 5.41) is 7.89. The van der Waals surface area contributed by atoms with Crippen molar-refractivity contribution in [3.8, 4) is 0 Å². The Morgan fingerprint density at radius 2 is 1.58 bits per heavy atom. The van der Waals surface area contributed by atoms with Crippen LogP contribution in [0.25, 0.3) is 0 Å². The SMILES string of the molecule is O=S(=O)(c1ccc(Cl)cc1)N(Cc1ccccc1)Cc1ccc(/C=N/NC(=S)Nc2ccccc2)o1. The number of hydrogen-bond acceptors (Lipinski definition) is 5. The molecule has 0 saturated heterocycles. The Morgan fingerprint density at radius 3 is 2.28 bits per heavy atom. The fourth-order valence-corrected chi connectivity index (χ4v) is 5.02. The molecule has 0 aliphatic rings. The maximum atomic E-state index is 13.4. The predicted molar refractivity (Wildman–Crippen MR) is 146 cm³/mol. The zero-order chi connectivity index (χ0) is 25.4. The Bertz CT molecular complexity index is 1430. The summed E-state index contributed by atoms with van der Waals surface area (Å²) in [6.07, 6.45) is 1.47. The number of nitrogens with one attached hydrogen (secondary N) is 2. The van der Waals surface area contributed by atoms with E-state index in [-0.39, 0.29) is 18.0 Å². The average molecular weight is 539 g/mol. The van der Waals surface area contributed by atoms with E-state index in [1.54, 1.807) is 24.3 Å². The molecule has 36 heavy (non-hydrogen) atoms. The number of nitrogens with zero attached hydrogens (tertiary/aromatic N) is 2. The summed E-state index contributed by atoms with van der Waals surface area (Å²) in [6, 6.07) is 28.4. The van der Waals surface area contributed by atoms with Crippen LogP contribution in [0, 0.1) is 0 Å². The summed E-state index contributed by atoms with van der Waals surface area (Å²) in [5.41, 5.74) is 4.42. The topological polar surface area (TPSA) is 86.9 Å². The minimum Gasteiger partial charge on any atom is -0.459 e. The van der Waals surface area contributed by atoms with E-state index in [1.807, 2.05) is 60.7 Å². The fraction of sp³-hybridized carbons (Fsp3) is 0.0769. The van der Waals surface area contributed by atoms with E-state index >= 15 is 0 Å². The highest BCUT2D eigenvalue weighted by Crippen LogP contribution is 2.23. The predicted octanol–water partition coefficient (Wildman–Crippen LogP) is 5.64. The number of sulfonamides is 1. The zero-order valence-electron chi connectivity index (χ0n) is 19.0. The molecule has 0 aliphatic heterocycles. The molecule has 0 radical (unpaired) electrons. The molecule has 0 bridgehead atoms. The Kier molecular flexibility index (Phi) is 8.50. The molecule has 10 heteroatoms. The lowest BCUT2D eigenvalue weighted by Crippen LogP contribution is -2.30. The van der Waals surface area contributed by atoms with Crippen LogP contribution in [-0.4, -0.2) is 24.1 Å². The van der Waals surface area contributed by atoms with Gasteiger partial charge in [-0.15, -0.1) is 0 Å². The van der Waals surface area contributed by atoms with E-state index in [0.29, 0.717) is 21.7 Å². The van der Waals surface area contributed by atoms with Crippen LogP contribution in [0.2, 0.25) is 5.02 Å². The van der Waals surface area contributed by atoms with Gasteiger partial charge in [-0.1, -0.05) is 60.1 Å². The quantitative estimate of drug-likeness (QED) is 0.163. The van der Waals surface area contributed by atoms with Gasteiger partial charge in [0, 0.05) is 17.3 Å². The Morgan fingerprint density at radius 1 is 0.917 bits per heavy atom. The van der Waals surface area contributed by atoms with Crippen LogP contribution in [0.5, 0.6) is 0 Å². The van der Waals surface area contributed by atoms with Crippen molar-refractivity contribution in [2.45, 2.75) is 18.0 Å². The number of halogens is 1. The molecule has 4 rings (SSSR count). The molecule has 0 aliphatic carbocycles. The van der Waals surface area contributed by atoms with Crippen molar-refractivity contribution >= 4 is 50.9 Å². The maximum absolute atomic E-state index is 13.4. The van der Waals surface area contributed by atoms with E-state index in [4.69, 9.17) is 28.2 Å². The summed E-state index contributed by atoms with van der Waals surface area (Å²) in [7, 11) is -3.82. The van der Waals surface area contributed by atoms with Crippen LogP contribution in [0.1, 0.15) is 17.1 Å². The van der Waals surface area contributed by atoms with Gasteiger partial charge in [-0.05, 0) is 66.3 Å². The normalized spacial score (nSPS) is 11.6. The molecule has 4 aromatic rings. The number of furan rings is 1. The third-order valence-corrected chi connectivity index (χ3v) is 7.31. The van der Waals surface area contributed by atoms with Crippen LogP contribution in [0.4, 0.5) is 5.69 Å². The molecular weight excluding hydrogens is 516 g/mol. The summed E-state index contributed by atoms with van der Waals surface area (Å²) < 4.78 is 34.1. The Balaban J connectivity index is 1.46. The molecule has 0 saturated carbocycles. The van der Waals surface area contributed by atoms with Gasteiger partial charge in [-0.2, -0.15) is 9.41 Å². The second-order valence-corrected chi connectivity index (χ2v) is 10.5. The van der Waals surface area contributed by atoms with Crippen LogP contribution >= 0.6 is 23.8 Å². The number of thiocarbonyl (C=S) groups is 1. The monoisotopic (exact) mass is 538 g/mol. The first-order valence-corrected chi connectivity index (χ1v) is 13.2. The smallest absolute Gasteiger partial charge is 0.243 e. The third-order valence-electron chi connectivity index (χ3n) is 5.06. The van der Waals surface area contributed by atoms with E-state index in [0.717, 1.165) is 11.3 Å². The summed E-state index contributed by atoms with van der Waals surface area (Å²) >= 11 is 11.2. The standard InChI is InChI=1S/C26H23ClN4O3S2/c27-21-11-15-25(16-12-21)36(32,33)31(18-20-7-3-1-4-8-20)19-24-14-13-23(34-24)17-28-30-26(35)29-22-9-5-2-6-10-22/h1-17H,18-19H2,(H2,29,30,35)/b28-17+. The van der Waals surface area contributed by atoms with Crippen LogP contribution in [0.3, 0.4) is 0 Å². The van der Waals surface area contributed by atoms with Gasteiger partial charge in [-0.25, -0.2) is 8.42 Å². The van der Waals surface area contributed by atoms with Crippen molar-refractivity contribution in [2.75, 3.05) is 5.32 Å². The van der Waals surface area contributed by atoms with Crippen molar-refractivity contribution in [1.29, 1.82) is 0 Å². The van der Waals surface area contributed by atoms with Gasteiger partial charge < -0.3 is 9.73 Å². The number of anilines is 1. The molecular formula is C26H23ClN4O3S2. The lowest BCUT2D eigenvalue weighted by molar-refractivity contribution is 0.357. The maximum Gasteiger partial charge on any atom is 0.243 e. The number of hydrogen-bond donors (Lipinski definition) is 2. The molecule has 0 atom stereocenters. The second kappa shape index (κ2) is 12.0. The first-order chi connectivity index (χ1) is 17.4. The summed E-state index contributed by atoms with van der Waals surface area (Å²) in [4.78, 5) is 0.153.